The number of esters is 2. The Balaban J connectivity index is 4.28. The normalized spacial score (nSPS) is 13.6. The van der Waals surface area contributed by atoms with Crippen LogP contribution in [-0.4, -0.2) is 82.3 Å². The molecule has 0 fully saturated rings. The zero-order valence-corrected chi connectivity index (χ0v) is 52.4. The molecule has 0 saturated carbocycles. The number of carboxylic acid groups (broad SMARTS) is 1. The molecule has 0 bridgehead atoms. The van der Waals surface area contributed by atoms with Gasteiger partial charge in [0.05, 0.1) is 40.3 Å². The molecule has 2 atom stereocenters. The summed E-state index contributed by atoms with van der Waals surface area (Å²) in [6.45, 7) is 4.59. The number of unbranched alkanes of at least 4 members (excludes halogenated alkanes) is 21. The van der Waals surface area contributed by atoms with E-state index >= 15 is 0 Å². The summed E-state index contributed by atoms with van der Waals surface area (Å²) in [4.78, 5) is 37.4. The smallest absolute Gasteiger partial charge is 0.306 e. The quantitative estimate of drug-likeness (QED) is 0.0195. The number of carbonyl (C=O) groups is 3. The van der Waals surface area contributed by atoms with Gasteiger partial charge < -0.3 is 33.3 Å². The van der Waals surface area contributed by atoms with Crippen molar-refractivity contribution in [3.63, 3.8) is 0 Å². The highest BCUT2D eigenvalue weighted by atomic mass is 16.7. The lowest BCUT2D eigenvalue weighted by molar-refractivity contribution is -0.870. The maximum atomic E-state index is 12.9. The van der Waals surface area contributed by atoms with E-state index in [0.29, 0.717) is 17.4 Å². The topological polar surface area (TPSA) is 111 Å². The number of quaternary nitrogens is 1. The lowest BCUT2D eigenvalue weighted by atomic mass is 10.0. The van der Waals surface area contributed by atoms with Crippen molar-refractivity contribution < 1.29 is 42.9 Å². The van der Waals surface area contributed by atoms with Crippen LogP contribution < -0.4 is 5.11 Å². The summed E-state index contributed by atoms with van der Waals surface area (Å²) in [6, 6.07) is 0. The fourth-order valence-corrected chi connectivity index (χ4v) is 8.44. The average Bonchev–Trinajstić information content (AvgIpc) is 3.44. The van der Waals surface area contributed by atoms with E-state index in [1.165, 1.54) is 96.3 Å². The second-order valence-electron chi connectivity index (χ2n) is 22.3. The fourth-order valence-electron chi connectivity index (χ4n) is 8.44. The molecule has 0 aromatic carbocycles. The maximum Gasteiger partial charge on any atom is 0.306 e. The maximum absolute atomic E-state index is 12.9. The zero-order valence-electron chi connectivity index (χ0n) is 52.4. The van der Waals surface area contributed by atoms with E-state index in [-0.39, 0.29) is 38.6 Å². The van der Waals surface area contributed by atoms with E-state index in [1.807, 2.05) is 21.1 Å². The lowest BCUT2D eigenvalue weighted by Crippen LogP contribution is -2.44. The minimum Gasteiger partial charge on any atom is -0.545 e. The summed E-state index contributed by atoms with van der Waals surface area (Å²) in [7, 11) is 5.91. The summed E-state index contributed by atoms with van der Waals surface area (Å²) in [5.41, 5.74) is 0. The minimum atomic E-state index is -1.64. The summed E-state index contributed by atoms with van der Waals surface area (Å²) in [5.74, 6) is -2.32. The van der Waals surface area contributed by atoms with Gasteiger partial charge in [-0.15, -0.1) is 0 Å². The van der Waals surface area contributed by atoms with Gasteiger partial charge in [0.1, 0.15) is 13.2 Å². The van der Waals surface area contributed by atoms with Gasteiger partial charge in [0.25, 0.3) is 0 Å². The first-order valence-corrected chi connectivity index (χ1v) is 32.3. The lowest BCUT2D eigenvalue weighted by Gasteiger charge is -2.26. The first kappa shape index (κ1) is 76.4. The van der Waals surface area contributed by atoms with Crippen LogP contribution >= 0.6 is 0 Å². The van der Waals surface area contributed by atoms with Crippen molar-refractivity contribution in [1.29, 1.82) is 0 Å². The van der Waals surface area contributed by atoms with E-state index in [9.17, 15) is 19.5 Å². The van der Waals surface area contributed by atoms with Crippen molar-refractivity contribution in [2.24, 2.45) is 0 Å². The van der Waals surface area contributed by atoms with Gasteiger partial charge in [-0.2, -0.15) is 0 Å². The molecule has 2 unspecified atom stereocenters. The molecule has 9 nitrogen and oxygen atoms in total. The van der Waals surface area contributed by atoms with Crippen molar-refractivity contribution in [1.82, 2.24) is 0 Å². The molecule has 0 aromatic heterocycles. The number of nitrogens with zero attached hydrogens (tertiary/aromatic N) is 1. The van der Waals surface area contributed by atoms with Gasteiger partial charge in [-0.25, -0.2) is 0 Å². The molecular weight excluding hydrogens is 1010 g/mol. The van der Waals surface area contributed by atoms with Crippen LogP contribution in [0.5, 0.6) is 0 Å². The molecule has 0 aliphatic rings. The number of rotatable bonds is 58. The first-order valence-electron chi connectivity index (χ1n) is 32.3. The Morgan fingerprint density at radius 3 is 1.05 bits per heavy atom. The van der Waals surface area contributed by atoms with E-state index in [4.69, 9.17) is 18.9 Å². The molecule has 460 valence electrons. The Bertz CT molecular complexity index is 1790. The van der Waals surface area contributed by atoms with E-state index in [0.717, 1.165) is 116 Å². The summed E-state index contributed by atoms with van der Waals surface area (Å²) >= 11 is 0. The number of hydrogen-bond donors (Lipinski definition) is 0. The highest BCUT2D eigenvalue weighted by molar-refractivity contribution is 5.70. The van der Waals surface area contributed by atoms with Crippen molar-refractivity contribution >= 4 is 17.9 Å². The number of hydrogen-bond acceptors (Lipinski definition) is 8. The van der Waals surface area contributed by atoms with Crippen LogP contribution in [0.4, 0.5) is 0 Å². The van der Waals surface area contributed by atoms with Crippen LogP contribution in [0.25, 0.3) is 0 Å². The van der Waals surface area contributed by atoms with Crippen molar-refractivity contribution in [3.05, 3.63) is 134 Å². The van der Waals surface area contributed by atoms with E-state index in [1.54, 1.807) is 0 Å². The molecule has 81 heavy (non-hydrogen) atoms. The molecule has 0 amide bonds. The van der Waals surface area contributed by atoms with Crippen LogP contribution in [0.15, 0.2) is 134 Å². The van der Waals surface area contributed by atoms with Gasteiger partial charge in [0.15, 0.2) is 12.4 Å². The third-order valence-electron chi connectivity index (χ3n) is 13.4. The molecule has 0 aliphatic heterocycles. The van der Waals surface area contributed by atoms with Gasteiger partial charge >= 0.3 is 11.9 Å². The van der Waals surface area contributed by atoms with Crippen LogP contribution in [0.3, 0.4) is 0 Å². The molecule has 0 heterocycles. The number of carbonyl (C=O) groups excluding carboxylic acids is 3. The number of aliphatic carboxylic acids is 1. The fraction of sp³-hybridized carbons (Fsp3) is 0.653. The summed E-state index contributed by atoms with van der Waals surface area (Å²) < 4.78 is 22.7. The van der Waals surface area contributed by atoms with Crippen LogP contribution in [0, 0.1) is 0 Å². The van der Waals surface area contributed by atoms with Gasteiger partial charge in [-0.3, -0.25) is 9.59 Å². The molecule has 9 heteroatoms. The molecule has 0 spiro atoms. The van der Waals surface area contributed by atoms with Gasteiger partial charge in [-0.05, 0) is 116 Å². The van der Waals surface area contributed by atoms with Crippen molar-refractivity contribution in [2.75, 3.05) is 47.5 Å². The van der Waals surface area contributed by atoms with Crippen molar-refractivity contribution in [2.45, 2.75) is 257 Å². The Labute approximate surface area is 497 Å². The Hall–Kier alpha value is -4.57. The number of ether oxygens (including phenoxy) is 4. The third-order valence-corrected chi connectivity index (χ3v) is 13.4. The highest BCUT2D eigenvalue weighted by Crippen LogP contribution is 2.15. The molecule has 0 aliphatic carbocycles. The van der Waals surface area contributed by atoms with Gasteiger partial charge in [-0.1, -0.05) is 250 Å². The minimum absolute atomic E-state index is 0.136. The van der Waals surface area contributed by atoms with Crippen LogP contribution in [-0.2, 0) is 33.3 Å². The first-order chi connectivity index (χ1) is 39.6. The van der Waals surface area contributed by atoms with E-state index in [2.05, 4.69) is 148 Å². The number of likely N-dealkylation sites (N-methyl/N-ethyl adjacent to an activating group) is 1. The largest absolute Gasteiger partial charge is 0.545 e. The molecule has 0 aromatic rings. The molecule has 0 rings (SSSR count). The molecular formula is C72H119NO8. The predicted octanol–water partition coefficient (Wildman–Crippen LogP) is 18.5. The Morgan fingerprint density at radius 2 is 0.704 bits per heavy atom. The third kappa shape index (κ3) is 62.9. The average molecular weight is 1130 g/mol. The second-order valence-corrected chi connectivity index (χ2v) is 22.3. The Morgan fingerprint density at radius 1 is 0.383 bits per heavy atom. The summed E-state index contributed by atoms with van der Waals surface area (Å²) in [5, 5.41) is 11.8. The molecule has 0 N–H and O–H groups in total. The standard InChI is InChI=1S/C72H119NO8/c1-6-8-10-12-14-16-18-20-22-24-26-28-30-31-32-33-34-35-36-37-38-39-41-43-45-47-49-51-53-55-57-59-61-63-70(75)81-68(67-80-72(71(76)77)78-65-64-73(3,4)5)66-79-69(74)62-60-58-56-54-52-50-48-46-44-42-40-29-27-25-23-21-19-17-15-13-11-9-7-2/h8,10,14,16,19-22,25-28,31-32,34-35,37-38,41,43,47,49,68,72H,6-7,9,11-13,15,17-18,23-24,29-30,33,36,39-40,42,44-46,48,50-67H2,1-5H3/b10-8-,16-14-,21-19-,22-20-,27-25-,28-26-,32-31-,35-34-,38-37-,43-41-,49-47-. The number of carboxylic acids is 1. The zero-order chi connectivity index (χ0) is 59.1. The molecule has 0 radical (unpaired) electrons. The Kier molecular flexibility index (Phi) is 58.0. The highest BCUT2D eigenvalue weighted by Gasteiger charge is 2.22. The van der Waals surface area contributed by atoms with Gasteiger partial charge in [0, 0.05) is 12.8 Å². The van der Waals surface area contributed by atoms with Crippen molar-refractivity contribution in [3.8, 4) is 0 Å². The molecule has 0 saturated heterocycles. The monoisotopic (exact) mass is 1130 g/mol. The second kappa shape index (κ2) is 61.5. The van der Waals surface area contributed by atoms with E-state index < -0.39 is 24.3 Å². The van der Waals surface area contributed by atoms with Crippen LogP contribution in [0.2, 0.25) is 0 Å². The van der Waals surface area contributed by atoms with Gasteiger partial charge in [0.2, 0.25) is 0 Å². The van der Waals surface area contributed by atoms with Crippen LogP contribution in [0.1, 0.15) is 245 Å². The summed E-state index contributed by atoms with van der Waals surface area (Å²) in [6.07, 6.45) is 85.1. The predicted molar refractivity (Wildman–Crippen MR) is 343 cm³/mol. The number of allylic oxidation sites excluding steroid dienone is 22. The SMILES string of the molecule is CC/C=C\C/C=C\C/C=C\C/C=C\C/C=C\C/C=C\C/C=C\C/C=C\C/C=C\CCCCCCCC(=O)OC(COC(=O)CCCCCCCCCCCCC/C=C\C/C=C\CCCCCCC)COC(OCC[N+](C)(C)C)C(=O)[O-].